The van der Waals surface area contributed by atoms with Crippen LogP contribution in [0.15, 0.2) is 10.7 Å². The summed E-state index contributed by atoms with van der Waals surface area (Å²) in [6.45, 7) is 2.24. The summed E-state index contributed by atoms with van der Waals surface area (Å²) in [6.07, 6.45) is -4.90. The fourth-order valence-corrected chi connectivity index (χ4v) is 2.83. The molecule has 1 unspecified atom stereocenters. The Labute approximate surface area is 127 Å². The smallest absolute Gasteiger partial charge is 0.433 e. The Kier molecular flexibility index (Phi) is 4.31. The van der Waals surface area contributed by atoms with E-state index in [1.807, 2.05) is 0 Å². The van der Waals surface area contributed by atoms with Crippen LogP contribution < -0.4 is 5.32 Å². The normalized spacial score (nSPS) is 18.9. The van der Waals surface area contributed by atoms with Crippen LogP contribution >= 0.6 is 15.9 Å². The van der Waals surface area contributed by atoms with Crippen molar-refractivity contribution in [3.8, 4) is 0 Å². The van der Waals surface area contributed by atoms with Gasteiger partial charge in [-0.2, -0.15) is 13.2 Å². The zero-order valence-corrected chi connectivity index (χ0v) is 12.6. The number of nitrogens with one attached hydrogen (secondary N) is 1. The zero-order chi connectivity index (χ0) is 15.8. The summed E-state index contributed by atoms with van der Waals surface area (Å²) in [5.74, 6) is 0. The average molecular weight is 368 g/mol. The van der Waals surface area contributed by atoms with Gasteiger partial charge >= 0.3 is 12.3 Å². The van der Waals surface area contributed by atoms with Gasteiger partial charge in [0.1, 0.15) is 10.3 Å². The monoisotopic (exact) mass is 367 g/mol. The van der Waals surface area contributed by atoms with E-state index in [0.29, 0.717) is 30.8 Å². The van der Waals surface area contributed by atoms with Gasteiger partial charge in [-0.3, -0.25) is 0 Å². The van der Waals surface area contributed by atoms with Crippen LogP contribution in [0.4, 0.5) is 23.7 Å². The Morgan fingerprint density at radius 2 is 2.24 bits per heavy atom. The zero-order valence-electron chi connectivity index (χ0n) is 11.0. The first-order chi connectivity index (χ1) is 9.68. The van der Waals surface area contributed by atoms with Crippen molar-refractivity contribution < 1.29 is 23.1 Å². The van der Waals surface area contributed by atoms with Gasteiger partial charge in [0, 0.05) is 19.1 Å². The number of rotatable bonds is 2. The van der Waals surface area contributed by atoms with E-state index in [1.54, 1.807) is 6.92 Å². The number of hydrogen-bond donors (Lipinski definition) is 2. The van der Waals surface area contributed by atoms with E-state index in [0.717, 1.165) is 6.07 Å². The third-order valence-electron chi connectivity index (χ3n) is 3.27. The third kappa shape index (κ3) is 3.58. The molecular formula is C12H13BrF3N3O2. The lowest BCUT2D eigenvalue weighted by Crippen LogP contribution is -2.30. The Balaban J connectivity index is 2.17. The predicted octanol–water partition coefficient (Wildman–Crippen LogP) is 3.34. The number of amides is 1. The second-order valence-corrected chi connectivity index (χ2v) is 5.60. The number of likely N-dealkylation sites (tertiary alicyclic amines) is 1. The largest absolute Gasteiger partial charge is 0.465 e. The van der Waals surface area contributed by atoms with E-state index in [2.05, 4.69) is 26.2 Å². The molecule has 2 N–H and O–H groups in total. The molecule has 1 saturated heterocycles. The Hall–Kier alpha value is -1.51. The maximum Gasteiger partial charge on any atom is 0.433 e. The second-order valence-electron chi connectivity index (χ2n) is 4.85. The minimum Gasteiger partial charge on any atom is -0.465 e. The van der Waals surface area contributed by atoms with Crippen molar-refractivity contribution in [1.29, 1.82) is 0 Å². The van der Waals surface area contributed by atoms with Gasteiger partial charge in [0.05, 0.1) is 5.69 Å². The lowest BCUT2D eigenvalue weighted by atomic mass is 10.2. The molecule has 1 aliphatic heterocycles. The number of hydrogen-bond acceptors (Lipinski definition) is 3. The van der Waals surface area contributed by atoms with Crippen LogP contribution in [0.5, 0.6) is 0 Å². The van der Waals surface area contributed by atoms with Crippen LogP contribution in [0.2, 0.25) is 0 Å². The summed E-state index contributed by atoms with van der Waals surface area (Å²) in [6, 6.07) is 0.825. The van der Waals surface area contributed by atoms with Crippen LogP contribution in [-0.2, 0) is 6.18 Å². The molecule has 0 spiro atoms. The average Bonchev–Trinajstić information content (AvgIpc) is 2.81. The van der Waals surface area contributed by atoms with Crippen LogP contribution in [0, 0.1) is 6.92 Å². The molecule has 0 bridgehead atoms. The number of aryl methyl sites for hydroxylation is 1. The van der Waals surface area contributed by atoms with Crippen molar-refractivity contribution >= 4 is 27.7 Å². The molecular weight excluding hydrogens is 355 g/mol. The quantitative estimate of drug-likeness (QED) is 0.786. The van der Waals surface area contributed by atoms with Gasteiger partial charge < -0.3 is 15.3 Å². The number of alkyl halides is 3. The summed E-state index contributed by atoms with van der Waals surface area (Å²) in [7, 11) is 0. The molecule has 1 fully saturated rings. The molecule has 9 heteroatoms. The first-order valence-electron chi connectivity index (χ1n) is 6.17. The number of aromatic nitrogens is 1. The van der Waals surface area contributed by atoms with Crippen LogP contribution in [0.25, 0.3) is 0 Å². The van der Waals surface area contributed by atoms with Crippen LogP contribution in [0.1, 0.15) is 17.7 Å². The summed E-state index contributed by atoms with van der Waals surface area (Å²) in [5, 5.41) is 11.9. The number of halogens is 4. The number of nitrogens with zero attached hydrogens (tertiary/aromatic N) is 2. The Morgan fingerprint density at radius 1 is 1.57 bits per heavy atom. The van der Waals surface area contributed by atoms with Crippen molar-refractivity contribution in [2.24, 2.45) is 0 Å². The van der Waals surface area contributed by atoms with Gasteiger partial charge in [-0.05, 0) is 40.9 Å². The molecule has 0 aromatic carbocycles. The Morgan fingerprint density at radius 3 is 2.71 bits per heavy atom. The number of carboxylic acid groups (broad SMARTS) is 1. The van der Waals surface area contributed by atoms with Gasteiger partial charge in [-0.1, -0.05) is 0 Å². The van der Waals surface area contributed by atoms with Crippen LogP contribution in [-0.4, -0.2) is 40.2 Å². The van der Waals surface area contributed by atoms with Gasteiger partial charge in [0.2, 0.25) is 0 Å². The van der Waals surface area contributed by atoms with Gasteiger partial charge in [-0.15, -0.1) is 0 Å². The molecule has 1 aromatic heterocycles. The van der Waals surface area contributed by atoms with Crippen molar-refractivity contribution in [1.82, 2.24) is 9.88 Å². The van der Waals surface area contributed by atoms with E-state index in [4.69, 9.17) is 5.11 Å². The van der Waals surface area contributed by atoms with Crippen molar-refractivity contribution in [2.45, 2.75) is 25.6 Å². The summed E-state index contributed by atoms with van der Waals surface area (Å²) in [5.41, 5.74) is -0.103. The molecule has 2 rings (SSSR count). The minimum atomic E-state index is -4.50. The lowest BCUT2D eigenvalue weighted by Gasteiger charge is -2.18. The highest BCUT2D eigenvalue weighted by atomic mass is 79.9. The topological polar surface area (TPSA) is 65.5 Å². The first-order valence-corrected chi connectivity index (χ1v) is 6.96. The molecule has 1 aromatic rings. The summed E-state index contributed by atoms with van der Waals surface area (Å²) < 4.78 is 38.0. The molecule has 5 nitrogen and oxygen atoms in total. The summed E-state index contributed by atoms with van der Waals surface area (Å²) >= 11 is 3.04. The van der Waals surface area contributed by atoms with Gasteiger partial charge in [0.15, 0.2) is 0 Å². The fraction of sp³-hybridized carbons (Fsp3) is 0.500. The first kappa shape index (κ1) is 15.9. The molecule has 1 atom stereocenters. The van der Waals surface area contributed by atoms with Crippen molar-refractivity contribution in [2.75, 3.05) is 18.4 Å². The highest BCUT2D eigenvalue weighted by Crippen LogP contribution is 2.34. The molecule has 1 amide bonds. The van der Waals surface area contributed by atoms with Gasteiger partial charge in [0.25, 0.3) is 0 Å². The summed E-state index contributed by atoms with van der Waals surface area (Å²) in [4.78, 5) is 15.6. The van der Waals surface area contributed by atoms with Crippen molar-refractivity contribution in [3.05, 3.63) is 21.9 Å². The number of carbonyl (C=O) groups is 1. The van der Waals surface area contributed by atoms with E-state index in [1.165, 1.54) is 4.90 Å². The van der Waals surface area contributed by atoms with Gasteiger partial charge in [-0.25, -0.2) is 9.78 Å². The van der Waals surface area contributed by atoms with E-state index in [-0.39, 0.29) is 10.6 Å². The minimum absolute atomic E-state index is 0.0728. The molecule has 0 saturated carbocycles. The molecule has 21 heavy (non-hydrogen) atoms. The number of pyridine rings is 1. The second kappa shape index (κ2) is 5.70. The van der Waals surface area contributed by atoms with Crippen LogP contribution in [0.3, 0.4) is 0 Å². The molecule has 0 radical (unpaired) electrons. The maximum atomic E-state index is 12.6. The van der Waals surface area contributed by atoms with E-state index in [9.17, 15) is 18.0 Å². The SMILES string of the molecule is Cc1cc(C(F)(F)F)nc(Br)c1NC1CCN(C(=O)O)C1. The number of anilines is 1. The molecule has 1 aliphatic rings. The molecule has 0 aliphatic carbocycles. The van der Waals surface area contributed by atoms with E-state index < -0.39 is 18.0 Å². The standard InChI is InChI=1S/C12H13BrF3N3O2/c1-6-4-8(12(14,15)16)18-10(13)9(6)17-7-2-3-19(5-7)11(20)21/h4,7,17H,2-3,5H2,1H3,(H,20,21). The Bertz CT molecular complexity index is 542. The van der Waals surface area contributed by atoms with Crippen molar-refractivity contribution in [3.63, 3.8) is 0 Å². The highest BCUT2D eigenvalue weighted by molar-refractivity contribution is 9.10. The third-order valence-corrected chi connectivity index (χ3v) is 3.84. The molecule has 116 valence electrons. The highest BCUT2D eigenvalue weighted by Gasteiger charge is 2.34. The lowest BCUT2D eigenvalue weighted by molar-refractivity contribution is -0.141. The predicted molar refractivity (Wildman–Crippen MR) is 73.3 cm³/mol. The van der Waals surface area contributed by atoms with E-state index >= 15 is 0 Å². The maximum absolute atomic E-state index is 12.6. The molecule has 2 heterocycles. The fourth-order valence-electron chi connectivity index (χ4n) is 2.21.